The maximum absolute atomic E-state index is 12.9. The lowest BCUT2D eigenvalue weighted by Crippen LogP contribution is -2.49. The van der Waals surface area contributed by atoms with Gasteiger partial charge in [0.15, 0.2) is 0 Å². The summed E-state index contributed by atoms with van der Waals surface area (Å²) in [5.41, 5.74) is 2.69. The van der Waals surface area contributed by atoms with E-state index < -0.39 is 6.04 Å². The van der Waals surface area contributed by atoms with Crippen LogP contribution in [-0.4, -0.2) is 36.5 Å². The molecule has 150 valence electrons. The van der Waals surface area contributed by atoms with E-state index >= 15 is 0 Å². The lowest BCUT2D eigenvalue weighted by molar-refractivity contribution is -0.120. The quantitative estimate of drug-likeness (QED) is 0.866. The van der Waals surface area contributed by atoms with Crippen molar-refractivity contribution >= 4 is 17.5 Å². The minimum Gasteiger partial charge on any atom is -0.489 e. The number of nitrogens with zero attached hydrogens (tertiary/aromatic N) is 2. The summed E-state index contributed by atoms with van der Waals surface area (Å²) in [6.45, 7) is 2.68. The second-order valence-electron chi connectivity index (χ2n) is 8.10. The molecule has 0 spiro atoms. The molecule has 29 heavy (non-hydrogen) atoms. The number of para-hydroxylation sites is 2. The van der Waals surface area contributed by atoms with Crippen LogP contribution in [-0.2, 0) is 21.7 Å². The molecule has 2 aromatic rings. The molecule has 7 nitrogen and oxygen atoms in total. The molecule has 1 saturated carbocycles. The van der Waals surface area contributed by atoms with E-state index in [-0.39, 0.29) is 24.0 Å². The van der Waals surface area contributed by atoms with E-state index in [0.717, 1.165) is 24.0 Å². The number of likely N-dealkylation sites (N-methyl/N-ethyl adjacent to an activating group) is 1. The van der Waals surface area contributed by atoms with Gasteiger partial charge in [-0.1, -0.05) is 12.1 Å². The Morgan fingerprint density at radius 3 is 2.90 bits per heavy atom. The van der Waals surface area contributed by atoms with Crippen LogP contribution in [0.1, 0.15) is 41.4 Å². The predicted octanol–water partition coefficient (Wildman–Crippen LogP) is 2.39. The molecule has 1 aromatic carbocycles. The summed E-state index contributed by atoms with van der Waals surface area (Å²) in [7, 11) is 1.68. The van der Waals surface area contributed by atoms with E-state index in [1.807, 2.05) is 30.3 Å². The Morgan fingerprint density at radius 2 is 2.10 bits per heavy atom. The Hall–Kier alpha value is -2.93. The summed E-state index contributed by atoms with van der Waals surface area (Å²) in [5.74, 6) is 0.494. The summed E-state index contributed by atoms with van der Waals surface area (Å²) in [6.07, 6.45) is 3.99. The van der Waals surface area contributed by atoms with Gasteiger partial charge in [-0.2, -0.15) is 0 Å². The lowest BCUT2D eigenvalue weighted by atomic mass is 9.90. The summed E-state index contributed by atoms with van der Waals surface area (Å²) >= 11 is 0. The fourth-order valence-corrected chi connectivity index (χ4v) is 4.25. The van der Waals surface area contributed by atoms with Gasteiger partial charge in [-0.25, -0.2) is 0 Å². The number of hydrogen-bond donors (Lipinski definition) is 1. The molecule has 1 aliphatic carbocycles. The summed E-state index contributed by atoms with van der Waals surface area (Å²) in [5, 5.41) is 2.80. The first-order valence-corrected chi connectivity index (χ1v) is 9.91. The third-order valence-electron chi connectivity index (χ3n) is 6.20. The van der Waals surface area contributed by atoms with Gasteiger partial charge in [0.05, 0.1) is 17.9 Å². The topological polar surface area (TPSA) is 80.8 Å². The lowest BCUT2D eigenvalue weighted by Gasteiger charge is -2.25. The normalized spacial score (nSPS) is 25.7. The number of benzene rings is 1. The van der Waals surface area contributed by atoms with Crippen molar-refractivity contribution in [1.29, 1.82) is 0 Å². The van der Waals surface area contributed by atoms with Crippen LogP contribution in [0, 0.1) is 5.92 Å². The van der Waals surface area contributed by atoms with Crippen LogP contribution in [0.25, 0.3) is 0 Å². The molecule has 7 heteroatoms. The second kappa shape index (κ2) is 6.56. The Kier molecular flexibility index (Phi) is 4.10. The van der Waals surface area contributed by atoms with Crippen LogP contribution in [0.5, 0.6) is 5.75 Å². The first-order valence-electron chi connectivity index (χ1n) is 9.91. The fourth-order valence-electron chi connectivity index (χ4n) is 4.25. The van der Waals surface area contributed by atoms with Crippen molar-refractivity contribution < 1.29 is 19.1 Å². The largest absolute Gasteiger partial charge is 0.489 e. The van der Waals surface area contributed by atoms with Crippen LogP contribution in [0.4, 0.5) is 5.69 Å². The van der Waals surface area contributed by atoms with Gasteiger partial charge in [0, 0.05) is 18.8 Å². The maximum Gasteiger partial charge on any atom is 0.270 e. The third-order valence-corrected chi connectivity index (χ3v) is 6.20. The monoisotopic (exact) mass is 393 g/mol. The van der Waals surface area contributed by atoms with Crippen molar-refractivity contribution in [2.75, 3.05) is 18.6 Å². The summed E-state index contributed by atoms with van der Waals surface area (Å²) < 4.78 is 11.8. The number of aromatic nitrogens is 1. The summed E-state index contributed by atoms with van der Waals surface area (Å²) in [6, 6.07) is 8.35. The number of carbonyl (C=O) groups is 2. The van der Waals surface area contributed by atoms with Gasteiger partial charge in [0.1, 0.15) is 24.1 Å². The van der Waals surface area contributed by atoms with Crippen molar-refractivity contribution in [1.82, 2.24) is 10.3 Å². The van der Waals surface area contributed by atoms with Gasteiger partial charge in [0.25, 0.3) is 11.8 Å². The SMILES string of the molecule is CN1C(=O)[C@@H](NC(=O)c2cc3c(cn2)COC3(C)C2CC2)COc2ccccc21. The standard InChI is InChI=1S/C22H23N3O4/c1-22(14-7-8-14)15-9-16(23-10-13(15)11-29-22)20(26)24-17-12-28-19-6-4-3-5-18(19)25(2)21(17)27/h3-6,9-10,14,17H,7-8,11-12H2,1-2H3,(H,24,26)/t17-,22?/m0/s1. The molecule has 2 atom stereocenters. The number of ether oxygens (including phenoxy) is 2. The van der Waals surface area contributed by atoms with Crippen LogP contribution >= 0.6 is 0 Å². The Labute approximate surface area is 169 Å². The molecule has 3 heterocycles. The van der Waals surface area contributed by atoms with Crippen LogP contribution in [0.15, 0.2) is 36.5 Å². The average molecular weight is 393 g/mol. The molecule has 3 aliphatic rings. The van der Waals surface area contributed by atoms with E-state index in [2.05, 4.69) is 17.2 Å². The number of pyridine rings is 1. The van der Waals surface area contributed by atoms with Crippen molar-refractivity contribution in [2.24, 2.45) is 5.92 Å². The molecule has 0 radical (unpaired) electrons. The van der Waals surface area contributed by atoms with Crippen molar-refractivity contribution in [3.8, 4) is 5.75 Å². The Balaban J connectivity index is 1.37. The molecule has 5 rings (SSSR count). The molecule has 2 amide bonds. The van der Waals surface area contributed by atoms with Crippen LogP contribution in [0.2, 0.25) is 0 Å². The maximum atomic E-state index is 12.9. The molecule has 1 N–H and O–H groups in total. The number of rotatable bonds is 3. The van der Waals surface area contributed by atoms with Crippen molar-refractivity contribution in [2.45, 2.75) is 38.0 Å². The van der Waals surface area contributed by atoms with Gasteiger partial charge in [-0.05, 0) is 49.4 Å². The highest BCUT2D eigenvalue weighted by Crippen LogP contribution is 2.52. The molecule has 0 bridgehead atoms. The third kappa shape index (κ3) is 2.97. The van der Waals surface area contributed by atoms with Gasteiger partial charge >= 0.3 is 0 Å². The average Bonchev–Trinajstić information content (AvgIpc) is 3.55. The molecular formula is C22H23N3O4. The number of amides is 2. The van der Waals surface area contributed by atoms with Gasteiger partial charge in [0.2, 0.25) is 0 Å². The molecule has 1 unspecified atom stereocenters. The van der Waals surface area contributed by atoms with Crippen molar-refractivity contribution in [3.63, 3.8) is 0 Å². The fraction of sp³-hybridized carbons (Fsp3) is 0.409. The van der Waals surface area contributed by atoms with Crippen LogP contribution < -0.4 is 15.0 Å². The number of nitrogens with one attached hydrogen (secondary N) is 1. The highest BCUT2D eigenvalue weighted by Gasteiger charge is 2.48. The molecule has 0 saturated heterocycles. The van der Waals surface area contributed by atoms with Crippen molar-refractivity contribution in [3.05, 3.63) is 53.3 Å². The zero-order chi connectivity index (χ0) is 20.2. The molecular weight excluding hydrogens is 370 g/mol. The van der Waals surface area contributed by atoms with Gasteiger partial charge in [-0.15, -0.1) is 0 Å². The Bertz CT molecular complexity index is 1000. The van der Waals surface area contributed by atoms with E-state index in [0.29, 0.717) is 29.7 Å². The first kappa shape index (κ1) is 18.1. The first-order chi connectivity index (χ1) is 14.0. The zero-order valence-electron chi connectivity index (χ0n) is 16.5. The highest BCUT2D eigenvalue weighted by molar-refractivity contribution is 6.02. The summed E-state index contributed by atoms with van der Waals surface area (Å²) in [4.78, 5) is 31.6. The van der Waals surface area contributed by atoms with Gasteiger partial charge < -0.3 is 19.7 Å². The molecule has 2 aliphatic heterocycles. The molecule has 1 fully saturated rings. The van der Waals surface area contributed by atoms with E-state index in [1.165, 1.54) is 4.90 Å². The second-order valence-corrected chi connectivity index (χ2v) is 8.10. The minimum absolute atomic E-state index is 0.0692. The highest BCUT2D eigenvalue weighted by atomic mass is 16.5. The predicted molar refractivity (Wildman–Crippen MR) is 106 cm³/mol. The van der Waals surface area contributed by atoms with Gasteiger partial charge in [-0.3, -0.25) is 14.6 Å². The van der Waals surface area contributed by atoms with E-state index in [1.54, 1.807) is 13.2 Å². The number of fused-ring (bicyclic) bond motifs is 2. The Morgan fingerprint density at radius 1 is 1.31 bits per heavy atom. The van der Waals surface area contributed by atoms with Crippen LogP contribution in [0.3, 0.4) is 0 Å². The van der Waals surface area contributed by atoms with E-state index in [4.69, 9.17) is 9.47 Å². The van der Waals surface area contributed by atoms with E-state index in [9.17, 15) is 9.59 Å². The minimum atomic E-state index is -0.791. The number of carbonyl (C=O) groups excluding carboxylic acids is 2. The number of anilines is 1. The zero-order valence-corrected chi connectivity index (χ0v) is 16.5. The smallest absolute Gasteiger partial charge is 0.270 e. The number of hydrogen-bond acceptors (Lipinski definition) is 5. The molecule has 1 aromatic heterocycles.